The molecule has 2 aromatic rings. The molecule has 0 radical (unpaired) electrons. The molecular weight excluding hydrogens is 328 g/mol. The Bertz CT molecular complexity index is 627. The molecule has 0 N–H and O–H groups in total. The van der Waals surface area contributed by atoms with Gasteiger partial charge in [0.05, 0.1) is 12.6 Å². The van der Waals surface area contributed by atoms with Crippen LogP contribution in [0.25, 0.3) is 0 Å². The lowest BCUT2D eigenvalue weighted by atomic mass is 10.1. The molecule has 2 unspecified atom stereocenters. The van der Waals surface area contributed by atoms with E-state index in [2.05, 4.69) is 23.3 Å². The fourth-order valence-electron chi connectivity index (χ4n) is 2.39. The zero-order chi connectivity index (χ0) is 17.0. The van der Waals surface area contributed by atoms with Gasteiger partial charge in [0.1, 0.15) is 0 Å². The van der Waals surface area contributed by atoms with Gasteiger partial charge in [-0.05, 0) is 50.0 Å². The van der Waals surface area contributed by atoms with E-state index >= 15 is 0 Å². The van der Waals surface area contributed by atoms with Crippen molar-refractivity contribution in [1.29, 1.82) is 0 Å². The van der Waals surface area contributed by atoms with E-state index in [9.17, 15) is 4.79 Å². The van der Waals surface area contributed by atoms with Crippen molar-refractivity contribution in [2.75, 3.05) is 20.6 Å². The monoisotopic (exact) mass is 350 g/mol. The molecule has 0 saturated carbocycles. The van der Waals surface area contributed by atoms with Crippen LogP contribution in [0, 0.1) is 0 Å². The van der Waals surface area contributed by atoms with Gasteiger partial charge in [-0.25, -0.2) is 0 Å². The molecule has 0 fully saturated rings. The first-order valence-corrected chi connectivity index (χ1v) is 8.90. The van der Waals surface area contributed by atoms with Gasteiger partial charge >= 0.3 is 0 Å². The summed E-state index contributed by atoms with van der Waals surface area (Å²) in [6.07, 6.45) is 0. The van der Waals surface area contributed by atoms with Crippen LogP contribution in [0.4, 0.5) is 0 Å². The molecule has 2 atom stereocenters. The second-order valence-electron chi connectivity index (χ2n) is 5.84. The maximum atomic E-state index is 12.6. The van der Waals surface area contributed by atoms with Crippen molar-refractivity contribution in [3.8, 4) is 0 Å². The molecule has 0 saturated heterocycles. The lowest BCUT2D eigenvalue weighted by molar-refractivity contribution is -0.133. The summed E-state index contributed by atoms with van der Waals surface area (Å²) < 4.78 is 0. The molecule has 0 spiro atoms. The summed E-state index contributed by atoms with van der Waals surface area (Å²) in [5.41, 5.74) is 1.08. The van der Waals surface area contributed by atoms with Crippen LogP contribution in [0.2, 0.25) is 5.02 Å². The first kappa shape index (κ1) is 18.0. The summed E-state index contributed by atoms with van der Waals surface area (Å²) in [7, 11) is 3.84. The van der Waals surface area contributed by atoms with Crippen LogP contribution < -0.4 is 0 Å². The molecule has 1 amide bonds. The molecule has 23 heavy (non-hydrogen) atoms. The fraction of sp³-hybridized carbons (Fsp3) is 0.389. The molecule has 1 aromatic carbocycles. The zero-order valence-electron chi connectivity index (χ0n) is 14.0. The van der Waals surface area contributed by atoms with E-state index in [4.69, 9.17) is 11.6 Å². The van der Waals surface area contributed by atoms with Crippen molar-refractivity contribution < 1.29 is 4.79 Å². The lowest BCUT2D eigenvalue weighted by Gasteiger charge is -2.29. The molecule has 2 rings (SSSR count). The second kappa shape index (κ2) is 7.95. The lowest BCUT2D eigenvalue weighted by Crippen LogP contribution is -2.38. The highest BCUT2D eigenvalue weighted by Gasteiger charge is 2.21. The third-order valence-corrected chi connectivity index (χ3v) is 5.62. The van der Waals surface area contributed by atoms with Gasteiger partial charge in [-0.15, -0.1) is 11.3 Å². The van der Waals surface area contributed by atoms with Crippen molar-refractivity contribution in [1.82, 2.24) is 9.80 Å². The van der Waals surface area contributed by atoms with Gasteiger partial charge in [0.25, 0.3) is 0 Å². The average molecular weight is 351 g/mol. The van der Waals surface area contributed by atoms with Crippen LogP contribution in [0.5, 0.6) is 0 Å². The molecule has 0 aliphatic rings. The third-order valence-electron chi connectivity index (χ3n) is 4.33. The largest absolute Gasteiger partial charge is 0.338 e. The van der Waals surface area contributed by atoms with Crippen LogP contribution in [-0.4, -0.2) is 36.3 Å². The van der Waals surface area contributed by atoms with Crippen molar-refractivity contribution in [3.05, 3.63) is 57.2 Å². The number of carbonyl (C=O) groups excluding carboxylic acids is 1. The number of nitrogens with zero attached hydrogens (tertiary/aromatic N) is 2. The highest BCUT2D eigenvalue weighted by Crippen LogP contribution is 2.24. The second-order valence-corrected chi connectivity index (χ2v) is 7.25. The van der Waals surface area contributed by atoms with Crippen molar-refractivity contribution in [2.24, 2.45) is 0 Å². The topological polar surface area (TPSA) is 23.6 Å². The number of likely N-dealkylation sites (N-methyl/N-ethyl adjacent to an activating group) is 2. The van der Waals surface area contributed by atoms with Crippen LogP contribution in [-0.2, 0) is 4.79 Å². The SMILES string of the molecule is CC(c1cccs1)N(C)CC(=O)N(C)C(C)c1ccc(Cl)cc1. The van der Waals surface area contributed by atoms with E-state index in [1.165, 1.54) is 4.88 Å². The van der Waals surface area contributed by atoms with Gasteiger partial charge in [-0.1, -0.05) is 29.8 Å². The Labute approximate surface area is 147 Å². The molecule has 3 nitrogen and oxygen atoms in total. The van der Waals surface area contributed by atoms with Gasteiger partial charge in [-0.3, -0.25) is 9.69 Å². The average Bonchev–Trinajstić information content (AvgIpc) is 3.07. The molecule has 0 aliphatic carbocycles. The summed E-state index contributed by atoms with van der Waals surface area (Å²) in [5, 5.41) is 2.77. The van der Waals surface area contributed by atoms with Gasteiger partial charge in [0.15, 0.2) is 0 Å². The predicted octanol–water partition coefficient (Wildman–Crippen LogP) is 4.61. The Kier molecular flexibility index (Phi) is 6.22. The smallest absolute Gasteiger partial charge is 0.237 e. The van der Waals surface area contributed by atoms with Crippen LogP contribution >= 0.6 is 22.9 Å². The number of benzene rings is 1. The number of carbonyl (C=O) groups is 1. The Morgan fingerprint density at radius 3 is 2.35 bits per heavy atom. The first-order valence-electron chi connectivity index (χ1n) is 7.65. The summed E-state index contributed by atoms with van der Waals surface area (Å²) in [6.45, 7) is 4.55. The van der Waals surface area contributed by atoms with Crippen LogP contribution in [0.3, 0.4) is 0 Å². The van der Waals surface area contributed by atoms with Gasteiger partial charge in [0, 0.05) is 23.0 Å². The quantitative estimate of drug-likeness (QED) is 0.759. The number of hydrogen-bond donors (Lipinski definition) is 0. The molecule has 0 bridgehead atoms. The summed E-state index contributed by atoms with van der Waals surface area (Å²) in [6, 6.07) is 12.1. The minimum atomic E-state index is 0.0187. The van der Waals surface area contributed by atoms with Crippen molar-refractivity contribution >= 4 is 28.8 Å². The van der Waals surface area contributed by atoms with Crippen LogP contribution in [0.1, 0.15) is 36.4 Å². The standard InChI is InChI=1S/C18H23ClN2OS/c1-13(15-7-9-16(19)10-8-15)21(4)18(22)12-20(3)14(2)17-6-5-11-23-17/h5-11,13-14H,12H2,1-4H3. The fourth-order valence-corrected chi connectivity index (χ4v) is 3.36. The van der Waals surface area contributed by atoms with Crippen molar-refractivity contribution in [2.45, 2.75) is 25.9 Å². The zero-order valence-corrected chi connectivity index (χ0v) is 15.6. The Balaban J connectivity index is 1.97. The maximum Gasteiger partial charge on any atom is 0.237 e. The van der Waals surface area contributed by atoms with E-state index in [1.54, 1.807) is 16.2 Å². The molecule has 124 valence electrons. The van der Waals surface area contributed by atoms with Gasteiger partial charge in [0.2, 0.25) is 5.91 Å². The Morgan fingerprint density at radius 2 is 1.78 bits per heavy atom. The number of halogens is 1. The Morgan fingerprint density at radius 1 is 1.13 bits per heavy atom. The van der Waals surface area contributed by atoms with E-state index in [0.717, 1.165) is 5.56 Å². The van der Waals surface area contributed by atoms with Crippen molar-refractivity contribution in [3.63, 3.8) is 0 Å². The highest BCUT2D eigenvalue weighted by molar-refractivity contribution is 7.10. The van der Waals surface area contributed by atoms with Crippen LogP contribution in [0.15, 0.2) is 41.8 Å². The predicted molar refractivity (Wildman–Crippen MR) is 98.0 cm³/mol. The molecule has 0 aliphatic heterocycles. The highest BCUT2D eigenvalue weighted by atomic mass is 35.5. The van der Waals surface area contributed by atoms with E-state index in [0.29, 0.717) is 11.6 Å². The summed E-state index contributed by atoms with van der Waals surface area (Å²) >= 11 is 7.65. The number of rotatable bonds is 6. The molecule has 1 aromatic heterocycles. The normalized spacial score (nSPS) is 13.8. The molecular formula is C18H23ClN2OS. The maximum absolute atomic E-state index is 12.6. The number of thiophene rings is 1. The molecule has 5 heteroatoms. The Hall–Kier alpha value is -1.36. The summed E-state index contributed by atoms with van der Waals surface area (Å²) in [4.78, 5) is 17.7. The van der Waals surface area contributed by atoms with Gasteiger partial charge < -0.3 is 4.90 Å². The number of hydrogen-bond acceptors (Lipinski definition) is 3. The minimum absolute atomic E-state index is 0.0187. The van der Waals surface area contributed by atoms with Gasteiger partial charge in [-0.2, -0.15) is 0 Å². The first-order chi connectivity index (χ1) is 10.9. The third kappa shape index (κ3) is 4.56. The minimum Gasteiger partial charge on any atom is -0.338 e. The van der Waals surface area contributed by atoms with E-state index < -0.39 is 0 Å². The molecule has 1 heterocycles. The van der Waals surface area contributed by atoms with E-state index in [1.807, 2.05) is 51.4 Å². The summed E-state index contributed by atoms with van der Waals surface area (Å²) in [5.74, 6) is 0.110. The number of amides is 1. The van der Waals surface area contributed by atoms with E-state index in [-0.39, 0.29) is 18.0 Å².